The summed E-state index contributed by atoms with van der Waals surface area (Å²) in [5.74, 6) is 0.794. The molecule has 1 saturated heterocycles. The zero-order valence-electron chi connectivity index (χ0n) is 11.2. The average Bonchev–Trinajstić information content (AvgIpc) is 2.93. The Morgan fingerprint density at radius 2 is 2.32 bits per heavy atom. The number of carbonyl (C=O) groups excluding carboxylic acids is 1. The number of hydrogen-bond acceptors (Lipinski definition) is 3. The second-order valence-electron chi connectivity index (χ2n) is 4.64. The van der Waals surface area contributed by atoms with E-state index in [1.165, 1.54) is 0 Å². The number of likely N-dealkylation sites (tertiary alicyclic amines) is 1. The van der Waals surface area contributed by atoms with Crippen LogP contribution in [0.15, 0.2) is 30.3 Å². The van der Waals surface area contributed by atoms with Crippen molar-refractivity contribution in [1.82, 2.24) is 4.90 Å². The highest BCUT2D eigenvalue weighted by Gasteiger charge is 2.25. The zero-order chi connectivity index (χ0) is 13.7. The van der Waals surface area contributed by atoms with E-state index in [2.05, 4.69) is 0 Å². The number of carbonyl (C=O) groups is 1. The van der Waals surface area contributed by atoms with Gasteiger partial charge in [0.1, 0.15) is 5.75 Å². The summed E-state index contributed by atoms with van der Waals surface area (Å²) in [6.45, 7) is 1.34. The first-order chi connectivity index (χ1) is 9.26. The SMILES string of the molecule is COc1ccccc1C=CC(=O)N1CCCC1CN. The summed E-state index contributed by atoms with van der Waals surface area (Å²) >= 11 is 0. The van der Waals surface area contributed by atoms with Crippen LogP contribution in [0.25, 0.3) is 6.08 Å². The number of benzene rings is 1. The summed E-state index contributed by atoms with van der Waals surface area (Å²) < 4.78 is 5.25. The average molecular weight is 260 g/mol. The van der Waals surface area contributed by atoms with Gasteiger partial charge in [-0.15, -0.1) is 0 Å². The van der Waals surface area contributed by atoms with E-state index < -0.39 is 0 Å². The molecule has 1 heterocycles. The molecule has 102 valence electrons. The Balaban J connectivity index is 2.07. The Bertz CT molecular complexity index is 471. The Kier molecular flexibility index (Phi) is 4.58. The Hall–Kier alpha value is -1.81. The molecule has 1 aromatic rings. The van der Waals surface area contributed by atoms with E-state index in [0.29, 0.717) is 6.54 Å². The van der Waals surface area contributed by atoms with E-state index in [9.17, 15) is 4.79 Å². The third-order valence-electron chi connectivity index (χ3n) is 3.48. The summed E-state index contributed by atoms with van der Waals surface area (Å²) in [6.07, 6.45) is 5.44. The zero-order valence-corrected chi connectivity index (χ0v) is 11.2. The number of hydrogen-bond donors (Lipinski definition) is 1. The first kappa shape index (κ1) is 13.6. The smallest absolute Gasteiger partial charge is 0.246 e. The third kappa shape index (κ3) is 3.15. The van der Waals surface area contributed by atoms with Crippen LogP contribution in [0.2, 0.25) is 0 Å². The molecule has 0 radical (unpaired) electrons. The van der Waals surface area contributed by atoms with Crippen molar-refractivity contribution in [2.45, 2.75) is 18.9 Å². The van der Waals surface area contributed by atoms with Gasteiger partial charge >= 0.3 is 0 Å². The Morgan fingerprint density at radius 1 is 1.53 bits per heavy atom. The number of amides is 1. The van der Waals surface area contributed by atoms with Crippen LogP contribution in [0.3, 0.4) is 0 Å². The molecule has 1 atom stereocenters. The van der Waals surface area contributed by atoms with Crippen LogP contribution >= 0.6 is 0 Å². The lowest BCUT2D eigenvalue weighted by Crippen LogP contribution is -2.38. The van der Waals surface area contributed by atoms with Gasteiger partial charge in [0.25, 0.3) is 0 Å². The minimum atomic E-state index is 0.0267. The molecule has 0 aromatic heterocycles. The van der Waals surface area contributed by atoms with Crippen molar-refractivity contribution in [2.75, 3.05) is 20.2 Å². The van der Waals surface area contributed by atoms with E-state index in [1.807, 2.05) is 29.2 Å². The van der Waals surface area contributed by atoms with E-state index in [4.69, 9.17) is 10.5 Å². The van der Waals surface area contributed by atoms with E-state index in [-0.39, 0.29) is 11.9 Å². The molecule has 1 aliphatic rings. The van der Waals surface area contributed by atoms with E-state index in [0.717, 1.165) is 30.7 Å². The first-order valence-corrected chi connectivity index (χ1v) is 6.58. The number of nitrogens with two attached hydrogens (primary N) is 1. The predicted octanol–water partition coefficient (Wildman–Crippen LogP) is 1.66. The van der Waals surface area contributed by atoms with Crippen molar-refractivity contribution >= 4 is 12.0 Å². The lowest BCUT2D eigenvalue weighted by Gasteiger charge is -2.21. The highest BCUT2D eigenvalue weighted by molar-refractivity contribution is 5.92. The maximum Gasteiger partial charge on any atom is 0.246 e. The minimum Gasteiger partial charge on any atom is -0.496 e. The summed E-state index contributed by atoms with van der Waals surface area (Å²) in [5.41, 5.74) is 6.58. The van der Waals surface area contributed by atoms with Gasteiger partial charge in [-0.05, 0) is 25.0 Å². The van der Waals surface area contributed by atoms with Gasteiger partial charge in [0.2, 0.25) is 5.91 Å². The molecule has 1 aliphatic heterocycles. The molecule has 0 bridgehead atoms. The second kappa shape index (κ2) is 6.38. The standard InChI is InChI=1S/C15H20N2O2/c1-19-14-7-3-2-5-12(14)8-9-15(18)17-10-4-6-13(17)11-16/h2-3,5,7-9,13H,4,6,10-11,16H2,1H3. The number of para-hydroxylation sites is 1. The largest absolute Gasteiger partial charge is 0.496 e. The van der Waals surface area contributed by atoms with Crippen LogP contribution in [0.1, 0.15) is 18.4 Å². The molecule has 0 saturated carbocycles. The molecule has 1 aromatic carbocycles. The number of ether oxygens (including phenoxy) is 1. The monoisotopic (exact) mass is 260 g/mol. The maximum absolute atomic E-state index is 12.1. The highest BCUT2D eigenvalue weighted by Crippen LogP contribution is 2.20. The molecule has 2 rings (SSSR count). The van der Waals surface area contributed by atoms with Crippen molar-refractivity contribution in [3.8, 4) is 5.75 Å². The molecule has 1 fully saturated rings. The summed E-state index contributed by atoms with van der Waals surface area (Å²) in [7, 11) is 1.62. The van der Waals surface area contributed by atoms with Crippen molar-refractivity contribution in [2.24, 2.45) is 5.73 Å². The summed E-state index contributed by atoms with van der Waals surface area (Å²) in [6, 6.07) is 7.82. The number of methoxy groups -OCH3 is 1. The molecular formula is C15H20N2O2. The molecule has 4 heteroatoms. The third-order valence-corrected chi connectivity index (χ3v) is 3.48. The van der Waals surface area contributed by atoms with Crippen molar-refractivity contribution in [1.29, 1.82) is 0 Å². The quantitative estimate of drug-likeness (QED) is 0.838. The molecule has 19 heavy (non-hydrogen) atoms. The topological polar surface area (TPSA) is 55.6 Å². The van der Waals surface area contributed by atoms with Crippen LogP contribution in [-0.2, 0) is 4.79 Å². The molecule has 4 nitrogen and oxygen atoms in total. The van der Waals surface area contributed by atoms with Crippen LogP contribution < -0.4 is 10.5 Å². The minimum absolute atomic E-state index is 0.0267. The first-order valence-electron chi connectivity index (χ1n) is 6.58. The van der Waals surface area contributed by atoms with Gasteiger partial charge in [-0.25, -0.2) is 0 Å². The van der Waals surface area contributed by atoms with Crippen molar-refractivity contribution in [3.63, 3.8) is 0 Å². The second-order valence-corrected chi connectivity index (χ2v) is 4.64. The fourth-order valence-electron chi connectivity index (χ4n) is 2.43. The van der Waals surface area contributed by atoms with Gasteiger partial charge in [-0.3, -0.25) is 4.79 Å². The van der Waals surface area contributed by atoms with Crippen LogP contribution in [-0.4, -0.2) is 37.0 Å². The molecule has 0 aliphatic carbocycles. The Morgan fingerprint density at radius 3 is 3.05 bits per heavy atom. The molecule has 2 N–H and O–H groups in total. The van der Waals surface area contributed by atoms with E-state index >= 15 is 0 Å². The number of nitrogens with zero attached hydrogens (tertiary/aromatic N) is 1. The maximum atomic E-state index is 12.1. The van der Waals surface area contributed by atoms with E-state index in [1.54, 1.807) is 19.3 Å². The lowest BCUT2D eigenvalue weighted by atomic mass is 10.2. The van der Waals surface area contributed by atoms with Gasteiger partial charge < -0.3 is 15.4 Å². The molecule has 1 amide bonds. The van der Waals surface area contributed by atoms with Crippen LogP contribution in [0, 0.1) is 0 Å². The fourth-order valence-corrected chi connectivity index (χ4v) is 2.43. The summed E-state index contributed by atoms with van der Waals surface area (Å²) in [4.78, 5) is 14.0. The predicted molar refractivity (Wildman–Crippen MR) is 75.8 cm³/mol. The normalized spacial score (nSPS) is 19.1. The van der Waals surface area contributed by atoms with Crippen LogP contribution in [0.4, 0.5) is 0 Å². The molecule has 0 spiro atoms. The molecular weight excluding hydrogens is 240 g/mol. The van der Waals surface area contributed by atoms with Gasteiger partial charge in [-0.1, -0.05) is 18.2 Å². The van der Waals surface area contributed by atoms with Gasteiger partial charge in [-0.2, -0.15) is 0 Å². The Labute approximate surface area is 113 Å². The van der Waals surface area contributed by atoms with Gasteiger partial charge in [0.05, 0.1) is 7.11 Å². The number of rotatable bonds is 4. The fraction of sp³-hybridized carbons (Fsp3) is 0.400. The van der Waals surface area contributed by atoms with Gasteiger partial charge in [0, 0.05) is 30.8 Å². The lowest BCUT2D eigenvalue weighted by molar-refractivity contribution is -0.126. The van der Waals surface area contributed by atoms with Crippen molar-refractivity contribution in [3.05, 3.63) is 35.9 Å². The van der Waals surface area contributed by atoms with Crippen LogP contribution in [0.5, 0.6) is 5.75 Å². The highest BCUT2D eigenvalue weighted by atomic mass is 16.5. The van der Waals surface area contributed by atoms with Gasteiger partial charge in [0.15, 0.2) is 0 Å². The summed E-state index contributed by atoms with van der Waals surface area (Å²) in [5, 5.41) is 0. The van der Waals surface area contributed by atoms with Crippen molar-refractivity contribution < 1.29 is 9.53 Å². The molecule has 1 unspecified atom stereocenters.